The summed E-state index contributed by atoms with van der Waals surface area (Å²) in [6, 6.07) is 1.85. The third-order valence-electron chi connectivity index (χ3n) is 2.74. The lowest BCUT2D eigenvalue weighted by Crippen LogP contribution is -2.31. The summed E-state index contributed by atoms with van der Waals surface area (Å²) in [6.45, 7) is 2.68. The van der Waals surface area contributed by atoms with Crippen LogP contribution in [0.3, 0.4) is 0 Å². The number of hydrogen-bond donors (Lipinski definition) is 1. The van der Waals surface area contributed by atoms with Crippen LogP contribution < -0.4 is 4.90 Å². The summed E-state index contributed by atoms with van der Waals surface area (Å²) in [4.78, 5) is 9.91. The maximum absolute atomic E-state index is 5.16. The minimum atomic E-state index is 0.549. The highest BCUT2D eigenvalue weighted by Gasteiger charge is 2.13. The first-order valence-corrected chi connectivity index (χ1v) is 6.04. The maximum atomic E-state index is 5.16. The lowest BCUT2D eigenvalue weighted by molar-refractivity contribution is 0.181. The number of aromatic nitrogens is 2. The molecule has 0 aliphatic carbocycles. The Hall–Kier alpha value is -0.940. The number of ether oxygens (including phenoxy) is 1. The van der Waals surface area contributed by atoms with Crippen molar-refractivity contribution in [3.05, 3.63) is 16.4 Å². The van der Waals surface area contributed by atoms with Gasteiger partial charge in [-0.15, -0.1) is 0 Å². The highest BCUT2D eigenvalue weighted by molar-refractivity contribution is 7.71. The van der Waals surface area contributed by atoms with Crippen LogP contribution in [0.5, 0.6) is 0 Å². The van der Waals surface area contributed by atoms with Crippen molar-refractivity contribution in [2.45, 2.75) is 25.9 Å². The van der Waals surface area contributed by atoms with Gasteiger partial charge in [0.15, 0.2) is 0 Å². The summed E-state index contributed by atoms with van der Waals surface area (Å²) < 4.78 is 5.73. The second kappa shape index (κ2) is 5.41. The fourth-order valence-corrected chi connectivity index (χ4v) is 2.21. The van der Waals surface area contributed by atoms with E-state index in [0.29, 0.717) is 11.2 Å². The summed E-state index contributed by atoms with van der Waals surface area (Å²) in [5.41, 5.74) is 0.989. The summed E-state index contributed by atoms with van der Waals surface area (Å²) in [5.74, 6) is 0.888. The predicted octanol–water partition coefficient (Wildman–Crippen LogP) is 2.28. The van der Waals surface area contributed by atoms with Crippen molar-refractivity contribution < 1.29 is 4.74 Å². The van der Waals surface area contributed by atoms with Crippen LogP contribution in [0.2, 0.25) is 0 Å². The van der Waals surface area contributed by atoms with Crippen molar-refractivity contribution >= 4 is 18.2 Å². The number of methoxy groups -OCH3 is 1. The second-order valence-electron chi connectivity index (χ2n) is 4.05. The van der Waals surface area contributed by atoms with Crippen molar-refractivity contribution in [1.82, 2.24) is 9.97 Å². The van der Waals surface area contributed by atoms with Gasteiger partial charge in [0.25, 0.3) is 0 Å². The van der Waals surface area contributed by atoms with E-state index in [4.69, 9.17) is 17.0 Å². The van der Waals surface area contributed by atoms with E-state index in [1.165, 1.54) is 19.3 Å². The molecule has 0 spiro atoms. The van der Waals surface area contributed by atoms with Gasteiger partial charge >= 0.3 is 0 Å². The average molecular weight is 239 g/mol. The smallest absolute Gasteiger partial charge is 0.204 e. The zero-order valence-corrected chi connectivity index (χ0v) is 10.3. The van der Waals surface area contributed by atoms with Gasteiger partial charge < -0.3 is 14.6 Å². The van der Waals surface area contributed by atoms with Crippen LogP contribution in [0.4, 0.5) is 5.95 Å². The van der Waals surface area contributed by atoms with E-state index in [-0.39, 0.29) is 0 Å². The third kappa shape index (κ3) is 2.80. The first-order valence-electron chi connectivity index (χ1n) is 5.64. The zero-order valence-electron chi connectivity index (χ0n) is 9.53. The molecule has 0 atom stereocenters. The van der Waals surface area contributed by atoms with Crippen LogP contribution in [0, 0.1) is 4.64 Å². The Labute approximate surface area is 101 Å². The van der Waals surface area contributed by atoms with Crippen LogP contribution in [0.15, 0.2) is 6.07 Å². The Kier molecular flexibility index (Phi) is 3.90. The molecule has 0 unspecified atom stereocenters. The number of H-pyrrole nitrogens is 1. The number of nitrogens with zero attached hydrogens (tertiary/aromatic N) is 2. The molecule has 16 heavy (non-hydrogen) atoms. The second-order valence-corrected chi connectivity index (χ2v) is 4.47. The molecule has 0 radical (unpaired) electrons. The summed E-state index contributed by atoms with van der Waals surface area (Å²) in [6.07, 6.45) is 3.78. The molecule has 0 amide bonds. The van der Waals surface area contributed by atoms with E-state index in [9.17, 15) is 0 Å². The summed E-state index contributed by atoms with van der Waals surface area (Å²) >= 11 is 5.16. The van der Waals surface area contributed by atoms with Gasteiger partial charge in [-0.05, 0) is 25.3 Å². The van der Waals surface area contributed by atoms with Crippen LogP contribution >= 0.6 is 12.2 Å². The van der Waals surface area contributed by atoms with Crippen LogP contribution in [-0.4, -0.2) is 30.2 Å². The zero-order chi connectivity index (χ0) is 11.4. The van der Waals surface area contributed by atoms with Gasteiger partial charge in [0.2, 0.25) is 5.95 Å². The number of nitrogens with one attached hydrogen (secondary N) is 1. The molecule has 0 saturated carbocycles. The van der Waals surface area contributed by atoms with E-state index in [1.807, 2.05) is 6.07 Å². The molecule has 0 aromatic carbocycles. The van der Waals surface area contributed by atoms with Gasteiger partial charge in [0.05, 0.1) is 6.61 Å². The topological polar surface area (TPSA) is 41.1 Å². The lowest BCUT2D eigenvalue weighted by atomic mass is 10.1. The van der Waals surface area contributed by atoms with E-state index in [2.05, 4.69) is 14.9 Å². The summed E-state index contributed by atoms with van der Waals surface area (Å²) in [5, 5.41) is 0. The molecule has 0 bridgehead atoms. The molecule has 2 heterocycles. The molecular weight excluding hydrogens is 222 g/mol. The maximum Gasteiger partial charge on any atom is 0.204 e. The van der Waals surface area contributed by atoms with E-state index >= 15 is 0 Å². The van der Waals surface area contributed by atoms with Crippen molar-refractivity contribution in [3.8, 4) is 0 Å². The molecule has 1 aliphatic rings. The normalized spacial score (nSPS) is 16.4. The van der Waals surface area contributed by atoms with Crippen molar-refractivity contribution in [1.29, 1.82) is 0 Å². The molecule has 4 nitrogen and oxygen atoms in total. The van der Waals surface area contributed by atoms with Gasteiger partial charge in [0.1, 0.15) is 4.64 Å². The first-order chi connectivity index (χ1) is 7.79. The fourth-order valence-electron chi connectivity index (χ4n) is 1.98. The SMILES string of the molecule is COCc1cc(=S)nc(N2CCCCC2)[nH]1. The quantitative estimate of drug-likeness (QED) is 0.822. The molecular formula is C11H17N3OS. The van der Waals surface area contributed by atoms with E-state index in [1.54, 1.807) is 7.11 Å². The van der Waals surface area contributed by atoms with Crippen molar-refractivity contribution in [3.63, 3.8) is 0 Å². The highest BCUT2D eigenvalue weighted by atomic mass is 32.1. The molecule has 1 aliphatic heterocycles. The Morgan fingerprint density at radius 1 is 1.44 bits per heavy atom. The van der Waals surface area contributed by atoms with E-state index in [0.717, 1.165) is 24.7 Å². The van der Waals surface area contributed by atoms with Gasteiger partial charge in [-0.3, -0.25) is 0 Å². The Morgan fingerprint density at radius 2 is 2.19 bits per heavy atom. The average Bonchev–Trinajstić information content (AvgIpc) is 2.30. The number of hydrogen-bond acceptors (Lipinski definition) is 4. The largest absolute Gasteiger partial charge is 0.378 e. The van der Waals surface area contributed by atoms with Crippen LogP contribution in [0.25, 0.3) is 0 Å². The fraction of sp³-hybridized carbons (Fsp3) is 0.636. The van der Waals surface area contributed by atoms with Crippen molar-refractivity contribution in [2.75, 3.05) is 25.1 Å². The number of anilines is 1. The molecule has 1 N–H and O–H groups in total. The molecule has 5 heteroatoms. The van der Waals surface area contributed by atoms with Crippen LogP contribution in [0.1, 0.15) is 25.0 Å². The van der Waals surface area contributed by atoms with Gasteiger partial charge in [-0.25, -0.2) is 4.98 Å². The van der Waals surface area contributed by atoms with Gasteiger partial charge in [0, 0.05) is 25.9 Å². The standard InChI is InChI=1S/C11H17N3OS/c1-15-8-9-7-10(16)13-11(12-9)14-5-3-2-4-6-14/h7H,2-6,8H2,1H3,(H,12,13,16). The van der Waals surface area contributed by atoms with Crippen molar-refractivity contribution in [2.24, 2.45) is 0 Å². The highest BCUT2D eigenvalue weighted by Crippen LogP contribution is 2.15. The predicted molar refractivity (Wildman–Crippen MR) is 66.2 cm³/mol. The van der Waals surface area contributed by atoms with Gasteiger partial charge in [-0.2, -0.15) is 0 Å². The van der Waals surface area contributed by atoms with Crippen LogP contribution in [-0.2, 0) is 11.3 Å². The lowest BCUT2D eigenvalue weighted by Gasteiger charge is -2.27. The molecule has 1 aromatic heterocycles. The monoisotopic (exact) mass is 239 g/mol. The molecule has 1 aromatic rings. The molecule has 1 fully saturated rings. The minimum absolute atomic E-state index is 0.549. The van der Waals surface area contributed by atoms with Gasteiger partial charge in [-0.1, -0.05) is 12.2 Å². The Morgan fingerprint density at radius 3 is 2.88 bits per heavy atom. The van der Waals surface area contributed by atoms with E-state index < -0.39 is 0 Å². The number of piperidine rings is 1. The minimum Gasteiger partial charge on any atom is -0.378 e. The molecule has 2 rings (SSSR count). The summed E-state index contributed by atoms with van der Waals surface area (Å²) in [7, 11) is 1.68. The number of rotatable bonds is 3. The number of aromatic amines is 1. The molecule has 88 valence electrons. The first kappa shape index (κ1) is 11.5. The third-order valence-corrected chi connectivity index (χ3v) is 2.95. The Balaban J connectivity index is 2.21. The molecule has 1 saturated heterocycles. The Bertz CT molecular complexity index is 398.